The Morgan fingerprint density at radius 2 is 1.54 bits per heavy atom. The molecule has 4 aromatic rings. The van der Waals surface area contributed by atoms with Crippen molar-refractivity contribution >= 4 is 0 Å². The number of hydrogen-bond donors (Lipinski definition) is 0. The Balaban J connectivity index is 1.93. The summed E-state index contributed by atoms with van der Waals surface area (Å²) in [6, 6.07) is 23.5. The molecule has 3 heteroatoms. The van der Waals surface area contributed by atoms with E-state index in [1.54, 1.807) is 12.3 Å². The van der Waals surface area contributed by atoms with Gasteiger partial charge in [0, 0.05) is 23.5 Å². The third-order valence-corrected chi connectivity index (χ3v) is 4.92. The van der Waals surface area contributed by atoms with Crippen LogP contribution < -0.4 is 0 Å². The second kappa shape index (κ2) is 7.08. The van der Waals surface area contributed by atoms with Crippen molar-refractivity contribution in [1.82, 2.24) is 9.55 Å². The topological polar surface area (TPSA) is 17.8 Å². The van der Waals surface area contributed by atoms with E-state index in [0.717, 1.165) is 33.8 Å². The van der Waals surface area contributed by atoms with Crippen molar-refractivity contribution in [3.8, 4) is 28.2 Å². The summed E-state index contributed by atoms with van der Waals surface area (Å²) in [4.78, 5) is 4.64. The van der Waals surface area contributed by atoms with E-state index in [1.807, 2.05) is 42.6 Å². The van der Waals surface area contributed by atoms with Crippen molar-refractivity contribution in [3.05, 3.63) is 96.6 Å². The summed E-state index contributed by atoms with van der Waals surface area (Å²) in [5, 5.41) is 0. The van der Waals surface area contributed by atoms with Gasteiger partial charge in [0.05, 0.1) is 5.69 Å². The summed E-state index contributed by atoms with van der Waals surface area (Å²) in [6.07, 6.45) is 3.76. The molecule has 0 bridgehead atoms. The maximum atomic E-state index is 14.0. The van der Waals surface area contributed by atoms with Crippen LogP contribution in [0.1, 0.15) is 26.3 Å². The predicted molar refractivity (Wildman–Crippen MR) is 113 cm³/mol. The lowest BCUT2D eigenvalue weighted by Crippen LogP contribution is -2.14. The smallest absolute Gasteiger partial charge is 0.144 e. The van der Waals surface area contributed by atoms with Crippen molar-refractivity contribution in [1.29, 1.82) is 0 Å². The third-order valence-electron chi connectivity index (χ3n) is 4.92. The van der Waals surface area contributed by atoms with Gasteiger partial charge < -0.3 is 0 Å². The van der Waals surface area contributed by atoms with Crippen LogP contribution in [-0.2, 0) is 5.41 Å². The Hall–Kier alpha value is -3.20. The highest BCUT2D eigenvalue weighted by molar-refractivity contribution is 5.75. The van der Waals surface area contributed by atoms with Gasteiger partial charge in [0.1, 0.15) is 11.6 Å². The molecule has 0 atom stereocenters. The Morgan fingerprint density at radius 3 is 2.29 bits per heavy atom. The minimum Gasteiger partial charge on any atom is -0.299 e. The molecule has 2 nitrogen and oxygen atoms in total. The summed E-state index contributed by atoms with van der Waals surface area (Å²) < 4.78 is 16.1. The molecule has 140 valence electrons. The van der Waals surface area contributed by atoms with E-state index >= 15 is 0 Å². The molecule has 1 heterocycles. The number of aromatic nitrogens is 2. The van der Waals surface area contributed by atoms with Gasteiger partial charge in [-0.15, -0.1) is 0 Å². The molecule has 0 amide bonds. The van der Waals surface area contributed by atoms with E-state index < -0.39 is 0 Å². The number of benzene rings is 3. The van der Waals surface area contributed by atoms with Crippen LogP contribution in [0.3, 0.4) is 0 Å². The fourth-order valence-corrected chi connectivity index (χ4v) is 3.57. The van der Waals surface area contributed by atoms with Crippen molar-refractivity contribution in [2.24, 2.45) is 0 Å². The van der Waals surface area contributed by atoms with E-state index in [9.17, 15) is 4.39 Å². The zero-order chi connectivity index (χ0) is 19.7. The van der Waals surface area contributed by atoms with Gasteiger partial charge in [0.15, 0.2) is 0 Å². The lowest BCUT2D eigenvalue weighted by molar-refractivity contribution is 0.573. The third kappa shape index (κ3) is 3.36. The summed E-state index contributed by atoms with van der Waals surface area (Å²) in [6.45, 7) is 6.28. The number of halogens is 1. The summed E-state index contributed by atoms with van der Waals surface area (Å²) in [7, 11) is 0. The lowest BCUT2D eigenvalue weighted by atomic mass is 9.83. The molecule has 0 aliphatic carbocycles. The molecule has 28 heavy (non-hydrogen) atoms. The van der Waals surface area contributed by atoms with E-state index in [2.05, 4.69) is 54.6 Å². The first kappa shape index (κ1) is 18.2. The average Bonchev–Trinajstić information content (AvgIpc) is 3.17. The molecular formula is C25H23FN2. The second-order valence-corrected chi connectivity index (χ2v) is 7.94. The highest BCUT2D eigenvalue weighted by Gasteiger charge is 2.22. The molecule has 0 saturated carbocycles. The van der Waals surface area contributed by atoms with E-state index in [-0.39, 0.29) is 11.2 Å². The van der Waals surface area contributed by atoms with Gasteiger partial charge >= 0.3 is 0 Å². The van der Waals surface area contributed by atoms with Crippen molar-refractivity contribution in [2.75, 3.05) is 0 Å². The molecule has 0 aliphatic heterocycles. The highest BCUT2D eigenvalue weighted by atomic mass is 19.1. The number of nitrogens with zero attached hydrogens (tertiary/aromatic N) is 2. The van der Waals surface area contributed by atoms with Gasteiger partial charge in [-0.3, -0.25) is 4.57 Å². The van der Waals surface area contributed by atoms with Crippen LogP contribution in [0.2, 0.25) is 0 Å². The first-order valence-corrected chi connectivity index (χ1v) is 9.44. The summed E-state index contributed by atoms with van der Waals surface area (Å²) in [5.41, 5.74) is 5.01. The van der Waals surface area contributed by atoms with Crippen LogP contribution in [0.4, 0.5) is 4.39 Å². The molecule has 0 unspecified atom stereocenters. The molecular weight excluding hydrogens is 347 g/mol. The van der Waals surface area contributed by atoms with Crippen molar-refractivity contribution < 1.29 is 4.39 Å². The lowest BCUT2D eigenvalue weighted by Gasteiger charge is -2.23. The van der Waals surface area contributed by atoms with Gasteiger partial charge in [-0.2, -0.15) is 0 Å². The molecule has 0 aliphatic rings. The maximum absolute atomic E-state index is 14.0. The van der Waals surface area contributed by atoms with E-state index in [4.69, 9.17) is 0 Å². The van der Waals surface area contributed by atoms with Crippen LogP contribution in [0.15, 0.2) is 85.2 Å². The Morgan fingerprint density at radius 1 is 0.821 bits per heavy atom. The normalized spacial score (nSPS) is 11.6. The van der Waals surface area contributed by atoms with Crippen LogP contribution in [-0.4, -0.2) is 9.55 Å². The number of rotatable bonds is 3. The Bertz CT molecular complexity index is 1100. The van der Waals surface area contributed by atoms with Crippen molar-refractivity contribution in [2.45, 2.75) is 26.2 Å². The predicted octanol–water partition coefficient (Wildman–Crippen LogP) is 6.64. The van der Waals surface area contributed by atoms with Gasteiger partial charge in [-0.25, -0.2) is 9.37 Å². The molecule has 0 N–H and O–H groups in total. The first-order chi connectivity index (χ1) is 13.4. The standard InChI is InChI=1S/C25H23FN2/c1-25(2,3)22-17-19(26)13-14-21(22)24-27-15-16-28(24)23-12-8-7-11-20(23)18-9-5-4-6-10-18/h4-17H,1-3H3. The van der Waals surface area contributed by atoms with E-state index in [0.29, 0.717) is 0 Å². The monoisotopic (exact) mass is 370 g/mol. The average molecular weight is 370 g/mol. The molecule has 0 fully saturated rings. The highest BCUT2D eigenvalue weighted by Crippen LogP contribution is 2.35. The molecule has 0 spiro atoms. The van der Waals surface area contributed by atoms with Crippen LogP contribution in [0, 0.1) is 5.82 Å². The fourth-order valence-electron chi connectivity index (χ4n) is 3.57. The van der Waals surface area contributed by atoms with Crippen LogP contribution >= 0.6 is 0 Å². The van der Waals surface area contributed by atoms with E-state index in [1.165, 1.54) is 6.07 Å². The van der Waals surface area contributed by atoms with Crippen LogP contribution in [0.5, 0.6) is 0 Å². The zero-order valence-corrected chi connectivity index (χ0v) is 16.4. The van der Waals surface area contributed by atoms with Gasteiger partial charge in [-0.05, 0) is 40.8 Å². The Labute approximate surface area is 165 Å². The minimum absolute atomic E-state index is 0.201. The number of imidazole rings is 1. The summed E-state index contributed by atoms with van der Waals surface area (Å²) in [5.74, 6) is 0.588. The van der Waals surface area contributed by atoms with Gasteiger partial charge in [0.2, 0.25) is 0 Å². The Kier molecular flexibility index (Phi) is 4.60. The van der Waals surface area contributed by atoms with Crippen molar-refractivity contribution in [3.63, 3.8) is 0 Å². The first-order valence-electron chi connectivity index (χ1n) is 9.44. The largest absolute Gasteiger partial charge is 0.299 e. The second-order valence-electron chi connectivity index (χ2n) is 7.94. The molecule has 3 aromatic carbocycles. The van der Waals surface area contributed by atoms with Gasteiger partial charge in [0.25, 0.3) is 0 Å². The minimum atomic E-state index is -0.225. The van der Waals surface area contributed by atoms with Crippen LogP contribution in [0.25, 0.3) is 28.2 Å². The van der Waals surface area contributed by atoms with Gasteiger partial charge in [-0.1, -0.05) is 69.3 Å². The zero-order valence-electron chi connectivity index (χ0n) is 16.4. The SMILES string of the molecule is CC(C)(C)c1cc(F)ccc1-c1nccn1-c1ccccc1-c1ccccc1. The molecule has 0 radical (unpaired) electrons. The fraction of sp³-hybridized carbons (Fsp3) is 0.160. The molecule has 0 saturated heterocycles. The number of hydrogen-bond acceptors (Lipinski definition) is 1. The summed E-state index contributed by atoms with van der Waals surface area (Å²) >= 11 is 0. The quantitative estimate of drug-likeness (QED) is 0.395. The molecule has 1 aromatic heterocycles. The number of para-hydroxylation sites is 1. The molecule has 4 rings (SSSR count). The maximum Gasteiger partial charge on any atom is 0.144 e.